The van der Waals surface area contributed by atoms with E-state index < -0.39 is 0 Å². The van der Waals surface area contributed by atoms with Gasteiger partial charge in [-0.15, -0.1) is 0 Å². The lowest BCUT2D eigenvalue weighted by molar-refractivity contribution is 0.0563. The van der Waals surface area contributed by atoms with Crippen LogP contribution in [0.15, 0.2) is 12.4 Å². The Morgan fingerprint density at radius 3 is 3.19 bits per heavy atom. The van der Waals surface area contributed by atoms with Crippen molar-refractivity contribution in [3.8, 4) is 0 Å². The van der Waals surface area contributed by atoms with E-state index in [1.165, 1.54) is 6.20 Å². The van der Waals surface area contributed by atoms with Crippen LogP contribution in [0.4, 0.5) is 0 Å². The summed E-state index contributed by atoms with van der Waals surface area (Å²) in [6.45, 7) is 1.52. The molecule has 1 aliphatic rings. The minimum Gasteiger partial charge on any atom is -0.379 e. The van der Waals surface area contributed by atoms with Gasteiger partial charge in [0.2, 0.25) is 0 Å². The second-order valence-corrected chi connectivity index (χ2v) is 4.25. The lowest BCUT2D eigenvalue weighted by Gasteiger charge is -2.22. The van der Waals surface area contributed by atoms with Crippen molar-refractivity contribution < 1.29 is 4.74 Å². The molecule has 6 heteroatoms. The van der Waals surface area contributed by atoms with E-state index in [-0.39, 0.29) is 6.04 Å². The van der Waals surface area contributed by atoms with Crippen LogP contribution in [0.2, 0.25) is 5.15 Å². The zero-order valence-electron chi connectivity index (χ0n) is 8.64. The Kier molecular flexibility index (Phi) is 2.49. The molecular formula is C10H11ClN4O. The number of hydrogen-bond donors (Lipinski definition) is 0. The predicted octanol–water partition coefficient (Wildman–Crippen LogP) is 1.83. The van der Waals surface area contributed by atoms with Crippen molar-refractivity contribution in [3.05, 3.63) is 17.5 Å². The van der Waals surface area contributed by atoms with E-state index in [0.717, 1.165) is 30.6 Å². The van der Waals surface area contributed by atoms with E-state index in [2.05, 4.69) is 15.1 Å². The fourth-order valence-electron chi connectivity index (χ4n) is 1.98. The fraction of sp³-hybridized carbons (Fsp3) is 0.500. The van der Waals surface area contributed by atoms with Crippen molar-refractivity contribution in [2.75, 3.05) is 13.2 Å². The monoisotopic (exact) mass is 238 g/mol. The number of rotatable bonds is 1. The van der Waals surface area contributed by atoms with Gasteiger partial charge in [-0.05, 0) is 12.8 Å². The molecule has 0 N–H and O–H groups in total. The maximum absolute atomic E-state index is 5.84. The molecule has 0 amide bonds. The van der Waals surface area contributed by atoms with Crippen LogP contribution in [0.5, 0.6) is 0 Å². The van der Waals surface area contributed by atoms with E-state index in [9.17, 15) is 0 Å². The molecule has 0 aliphatic carbocycles. The summed E-state index contributed by atoms with van der Waals surface area (Å²) in [5, 5.41) is 4.71. The molecule has 1 fully saturated rings. The molecule has 1 saturated heterocycles. The highest BCUT2D eigenvalue weighted by Crippen LogP contribution is 2.22. The average molecular weight is 239 g/mol. The normalized spacial score (nSPS) is 21.4. The quantitative estimate of drug-likeness (QED) is 0.761. The molecule has 1 unspecified atom stereocenters. The van der Waals surface area contributed by atoms with Crippen molar-refractivity contribution >= 4 is 22.8 Å². The van der Waals surface area contributed by atoms with Crippen LogP contribution in [-0.4, -0.2) is 33.0 Å². The summed E-state index contributed by atoms with van der Waals surface area (Å²) in [6, 6.07) is 0.249. The van der Waals surface area contributed by atoms with E-state index in [4.69, 9.17) is 16.3 Å². The van der Waals surface area contributed by atoms with Gasteiger partial charge in [0, 0.05) is 6.61 Å². The summed E-state index contributed by atoms with van der Waals surface area (Å²) in [4.78, 5) is 8.44. The summed E-state index contributed by atoms with van der Waals surface area (Å²) in [6.07, 6.45) is 5.37. The van der Waals surface area contributed by atoms with Gasteiger partial charge in [-0.3, -0.25) is 0 Å². The lowest BCUT2D eigenvalue weighted by Crippen LogP contribution is -2.22. The zero-order valence-corrected chi connectivity index (χ0v) is 9.39. The first-order valence-electron chi connectivity index (χ1n) is 5.28. The standard InChI is InChI=1S/C10H11ClN4O/c11-9-5-12-8-4-13-15(10(8)14-9)7-2-1-3-16-6-7/h4-5,7H,1-3,6H2. The van der Waals surface area contributed by atoms with Gasteiger partial charge < -0.3 is 4.74 Å². The van der Waals surface area contributed by atoms with E-state index in [0.29, 0.717) is 11.8 Å². The number of ether oxygens (including phenoxy) is 1. The average Bonchev–Trinajstić information content (AvgIpc) is 2.73. The molecule has 3 heterocycles. The molecule has 0 aromatic carbocycles. The Hall–Kier alpha value is -1.20. The summed E-state index contributed by atoms with van der Waals surface area (Å²) in [5.41, 5.74) is 1.51. The van der Waals surface area contributed by atoms with Crippen molar-refractivity contribution in [1.29, 1.82) is 0 Å². The van der Waals surface area contributed by atoms with Crippen molar-refractivity contribution in [3.63, 3.8) is 0 Å². The molecule has 16 heavy (non-hydrogen) atoms. The smallest absolute Gasteiger partial charge is 0.178 e. The molecule has 2 aromatic rings. The molecule has 0 bridgehead atoms. The van der Waals surface area contributed by atoms with Gasteiger partial charge >= 0.3 is 0 Å². The zero-order chi connectivity index (χ0) is 11.0. The maximum Gasteiger partial charge on any atom is 0.178 e. The number of fused-ring (bicyclic) bond motifs is 1. The lowest BCUT2D eigenvalue weighted by atomic mass is 10.1. The second kappa shape index (κ2) is 3.99. The third kappa shape index (κ3) is 1.66. The number of nitrogens with zero attached hydrogens (tertiary/aromatic N) is 4. The Morgan fingerprint density at radius 2 is 2.38 bits per heavy atom. The fourth-order valence-corrected chi connectivity index (χ4v) is 2.11. The molecule has 0 spiro atoms. The Bertz CT molecular complexity index is 506. The van der Waals surface area contributed by atoms with Gasteiger partial charge in [0.05, 0.1) is 25.0 Å². The minimum atomic E-state index is 0.249. The third-order valence-electron chi connectivity index (χ3n) is 2.76. The first-order valence-corrected chi connectivity index (χ1v) is 5.66. The highest BCUT2D eigenvalue weighted by atomic mass is 35.5. The molecule has 3 rings (SSSR count). The minimum absolute atomic E-state index is 0.249. The van der Waals surface area contributed by atoms with Crippen molar-refractivity contribution in [1.82, 2.24) is 19.7 Å². The van der Waals surface area contributed by atoms with E-state index in [1.807, 2.05) is 4.68 Å². The third-order valence-corrected chi connectivity index (χ3v) is 2.94. The molecule has 84 valence electrons. The number of aromatic nitrogens is 4. The maximum atomic E-state index is 5.84. The molecular weight excluding hydrogens is 228 g/mol. The highest BCUT2D eigenvalue weighted by Gasteiger charge is 2.19. The van der Waals surface area contributed by atoms with Crippen molar-refractivity contribution in [2.45, 2.75) is 18.9 Å². The van der Waals surface area contributed by atoms with E-state index >= 15 is 0 Å². The Labute approximate surface area is 97.4 Å². The molecule has 0 radical (unpaired) electrons. The van der Waals surface area contributed by atoms with Gasteiger partial charge in [0.15, 0.2) is 5.65 Å². The predicted molar refractivity (Wildman–Crippen MR) is 59.4 cm³/mol. The van der Waals surface area contributed by atoms with Gasteiger partial charge in [-0.25, -0.2) is 14.6 Å². The van der Waals surface area contributed by atoms with Crippen LogP contribution in [0, 0.1) is 0 Å². The SMILES string of the molecule is Clc1cnc2cnn(C3CCCOC3)c2n1. The molecule has 2 aromatic heterocycles. The van der Waals surface area contributed by atoms with Crippen LogP contribution in [-0.2, 0) is 4.74 Å². The Balaban J connectivity index is 2.05. The van der Waals surface area contributed by atoms with Gasteiger partial charge in [-0.2, -0.15) is 5.10 Å². The molecule has 0 saturated carbocycles. The second-order valence-electron chi connectivity index (χ2n) is 3.86. The topological polar surface area (TPSA) is 52.8 Å². The summed E-state index contributed by atoms with van der Waals surface area (Å²) in [5.74, 6) is 0. The largest absolute Gasteiger partial charge is 0.379 e. The molecule has 1 atom stereocenters. The first-order chi connectivity index (χ1) is 7.84. The van der Waals surface area contributed by atoms with Crippen molar-refractivity contribution in [2.24, 2.45) is 0 Å². The van der Waals surface area contributed by atoms with Gasteiger partial charge in [0.1, 0.15) is 10.7 Å². The highest BCUT2D eigenvalue weighted by molar-refractivity contribution is 6.29. The van der Waals surface area contributed by atoms with E-state index in [1.54, 1.807) is 6.20 Å². The van der Waals surface area contributed by atoms with Crippen LogP contribution < -0.4 is 0 Å². The van der Waals surface area contributed by atoms with Crippen LogP contribution in [0.25, 0.3) is 11.2 Å². The van der Waals surface area contributed by atoms with Crippen LogP contribution in [0.3, 0.4) is 0 Å². The van der Waals surface area contributed by atoms with Gasteiger partial charge in [-0.1, -0.05) is 11.6 Å². The Morgan fingerprint density at radius 1 is 1.44 bits per heavy atom. The first kappa shape index (κ1) is 9.99. The summed E-state index contributed by atoms with van der Waals surface area (Å²) >= 11 is 5.84. The van der Waals surface area contributed by atoms with Crippen LogP contribution >= 0.6 is 11.6 Å². The molecule has 5 nitrogen and oxygen atoms in total. The summed E-state index contributed by atoms with van der Waals surface area (Å²) < 4.78 is 7.31. The van der Waals surface area contributed by atoms with Gasteiger partial charge in [0.25, 0.3) is 0 Å². The number of hydrogen-bond acceptors (Lipinski definition) is 4. The number of halogens is 1. The summed E-state index contributed by atoms with van der Waals surface area (Å²) in [7, 11) is 0. The van der Waals surface area contributed by atoms with Crippen LogP contribution in [0.1, 0.15) is 18.9 Å². The molecule has 1 aliphatic heterocycles.